The molecule has 0 aromatic carbocycles. The molecule has 0 amide bonds. The molecule has 0 aliphatic heterocycles. The number of nitrogens with one attached hydrogen (secondary N) is 1. The Kier molecular flexibility index (Phi) is 3.83. The second-order valence-corrected chi connectivity index (χ2v) is 3.52. The van der Waals surface area contributed by atoms with Gasteiger partial charge in [-0.25, -0.2) is 9.97 Å². The Balaban J connectivity index is 2.48. The number of hydrogen-bond donors (Lipinski definition) is 2. The Labute approximate surface area is 85.0 Å². The first-order valence-corrected chi connectivity index (χ1v) is 4.99. The minimum atomic E-state index is -0.134. The average Bonchev–Trinajstić information content (AvgIpc) is 2.27. The van der Waals surface area contributed by atoms with Gasteiger partial charge in [0.2, 0.25) is 0 Å². The Morgan fingerprint density at radius 1 is 1.43 bits per heavy atom. The fraction of sp³-hybridized carbons (Fsp3) is 0.600. The summed E-state index contributed by atoms with van der Waals surface area (Å²) in [6.07, 6.45) is 5.16. The number of hydrogen-bond acceptors (Lipinski definition) is 4. The lowest BCUT2D eigenvalue weighted by atomic mass is 9.94. The molecule has 0 saturated carbocycles. The monoisotopic (exact) mass is 194 g/mol. The molecule has 1 heterocycles. The molecule has 0 fully saturated rings. The van der Waals surface area contributed by atoms with Crippen LogP contribution in [0.3, 0.4) is 0 Å². The van der Waals surface area contributed by atoms with Gasteiger partial charge in [0.05, 0.1) is 0 Å². The molecule has 0 unspecified atom stereocenters. The molecule has 0 aliphatic carbocycles. The maximum atomic E-state index is 6.14. The first kappa shape index (κ1) is 10.9. The Morgan fingerprint density at radius 3 is 2.64 bits per heavy atom. The zero-order chi connectivity index (χ0) is 10.4. The Hall–Kier alpha value is -1.16. The first-order chi connectivity index (χ1) is 6.70. The molecule has 4 nitrogen and oxygen atoms in total. The van der Waals surface area contributed by atoms with E-state index < -0.39 is 0 Å². The van der Waals surface area contributed by atoms with Crippen LogP contribution in [0, 0.1) is 0 Å². The summed E-state index contributed by atoms with van der Waals surface area (Å²) in [6, 6.07) is 1.84. The molecule has 1 aromatic rings. The third-order valence-corrected chi connectivity index (χ3v) is 2.61. The molecule has 0 aliphatic rings. The Bertz CT molecular complexity index is 256. The van der Waals surface area contributed by atoms with Gasteiger partial charge >= 0.3 is 0 Å². The van der Waals surface area contributed by atoms with Crippen molar-refractivity contribution in [2.45, 2.75) is 32.2 Å². The molecular weight excluding hydrogens is 176 g/mol. The van der Waals surface area contributed by atoms with Crippen LogP contribution in [0.1, 0.15) is 26.7 Å². The van der Waals surface area contributed by atoms with E-state index in [1.165, 1.54) is 6.33 Å². The summed E-state index contributed by atoms with van der Waals surface area (Å²) in [4.78, 5) is 7.92. The number of aromatic nitrogens is 2. The zero-order valence-corrected chi connectivity index (χ0v) is 8.83. The van der Waals surface area contributed by atoms with E-state index in [-0.39, 0.29) is 5.54 Å². The van der Waals surface area contributed by atoms with E-state index in [2.05, 4.69) is 29.1 Å². The van der Waals surface area contributed by atoms with E-state index in [9.17, 15) is 0 Å². The van der Waals surface area contributed by atoms with Crippen LogP contribution in [-0.4, -0.2) is 22.1 Å². The van der Waals surface area contributed by atoms with Crippen LogP contribution in [0.2, 0.25) is 0 Å². The Morgan fingerprint density at radius 2 is 2.14 bits per heavy atom. The van der Waals surface area contributed by atoms with Crippen LogP contribution in [0.25, 0.3) is 0 Å². The van der Waals surface area contributed by atoms with Gasteiger partial charge in [0.15, 0.2) is 0 Å². The number of anilines is 1. The largest absolute Gasteiger partial charge is 0.368 e. The van der Waals surface area contributed by atoms with Gasteiger partial charge in [-0.05, 0) is 18.9 Å². The van der Waals surface area contributed by atoms with Crippen molar-refractivity contribution in [2.24, 2.45) is 5.73 Å². The lowest BCUT2D eigenvalue weighted by Crippen LogP contribution is -2.45. The molecule has 0 radical (unpaired) electrons. The second kappa shape index (κ2) is 4.91. The van der Waals surface area contributed by atoms with Gasteiger partial charge in [-0.3, -0.25) is 0 Å². The van der Waals surface area contributed by atoms with Crippen LogP contribution in [0.4, 0.5) is 5.82 Å². The van der Waals surface area contributed by atoms with Gasteiger partial charge in [-0.2, -0.15) is 0 Å². The van der Waals surface area contributed by atoms with Gasteiger partial charge in [0.25, 0.3) is 0 Å². The summed E-state index contributed by atoms with van der Waals surface area (Å²) < 4.78 is 0. The van der Waals surface area contributed by atoms with Gasteiger partial charge < -0.3 is 11.1 Å². The quantitative estimate of drug-likeness (QED) is 0.743. The van der Waals surface area contributed by atoms with Crippen molar-refractivity contribution < 1.29 is 0 Å². The maximum Gasteiger partial charge on any atom is 0.129 e. The molecule has 1 rings (SSSR count). The minimum absolute atomic E-state index is 0.134. The van der Waals surface area contributed by atoms with Crippen molar-refractivity contribution >= 4 is 5.82 Å². The predicted octanol–water partition coefficient (Wildman–Crippen LogP) is 1.41. The molecule has 3 N–H and O–H groups in total. The van der Waals surface area contributed by atoms with E-state index in [0.29, 0.717) is 0 Å². The lowest BCUT2D eigenvalue weighted by Gasteiger charge is -2.26. The van der Waals surface area contributed by atoms with Gasteiger partial charge in [0.1, 0.15) is 12.1 Å². The van der Waals surface area contributed by atoms with Crippen molar-refractivity contribution in [3.8, 4) is 0 Å². The predicted molar refractivity (Wildman–Crippen MR) is 58.0 cm³/mol. The third-order valence-electron chi connectivity index (χ3n) is 2.61. The highest BCUT2D eigenvalue weighted by Gasteiger charge is 2.19. The summed E-state index contributed by atoms with van der Waals surface area (Å²) in [7, 11) is 0. The second-order valence-electron chi connectivity index (χ2n) is 3.52. The standard InChI is InChI=1S/C10H18N4/c1-3-10(11,4-2)7-13-9-5-6-12-8-14-9/h5-6,8H,3-4,7,11H2,1-2H3,(H,12,13,14). The van der Waals surface area contributed by atoms with Crippen molar-refractivity contribution in [3.63, 3.8) is 0 Å². The van der Waals surface area contributed by atoms with Crippen molar-refractivity contribution in [3.05, 3.63) is 18.6 Å². The topological polar surface area (TPSA) is 63.8 Å². The third kappa shape index (κ3) is 2.96. The molecule has 0 spiro atoms. The summed E-state index contributed by atoms with van der Waals surface area (Å²) >= 11 is 0. The molecule has 78 valence electrons. The summed E-state index contributed by atoms with van der Waals surface area (Å²) in [5, 5.41) is 3.21. The zero-order valence-electron chi connectivity index (χ0n) is 8.83. The van der Waals surface area contributed by atoms with E-state index in [0.717, 1.165) is 25.2 Å². The fourth-order valence-corrected chi connectivity index (χ4v) is 1.16. The highest BCUT2D eigenvalue weighted by molar-refractivity contribution is 5.32. The van der Waals surface area contributed by atoms with Crippen LogP contribution in [0.5, 0.6) is 0 Å². The van der Waals surface area contributed by atoms with Gasteiger partial charge in [-0.1, -0.05) is 13.8 Å². The molecule has 0 saturated heterocycles. The fourth-order valence-electron chi connectivity index (χ4n) is 1.16. The number of nitrogens with two attached hydrogens (primary N) is 1. The van der Waals surface area contributed by atoms with Crippen molar-refractivity contribution in [1.29, 1.82) is 0 Å². The highest BCUT2D eigenvalue weighted by atomic mass is 15.0. The van der Waals surface area contributed by atoms with Crippen LogP contribution >= 0.6 is 0 Å². The number of rotatable bonds is 5. The number of nitrogens with zero attached hydrogens (tertiary/aromatic N) is 2. The summed E-state index contributed by atoms with van der Waals surface area (Å²) in [5.74, 6) is 0.830. The highest BCUT2D eigenvalue weighted by Crippen LogP contribution is 2.11. The van der Waals surface area contributed by atoms with E-state index in [1.807, 2.05) is 6.07 Å². The molecule has 1 aromatic heterocycles. The SMILES string of the molecule is CCC(N)(CC)CNc1ccncn1. The summed E-state index contributed by atoms with van der Waals surface area (Å²) in [6.45, 7) is 4.95. The van der Waals surface area contributed by atoms with Crippen molar-refractivity contribution in [1.82, 2.24) is 9.97 Å². The molecule has 0 atom stereocenters. The van der Waals surface area contributed by atoms with Crippen LogP contribution < -0.4 is 11.1 Å². The minimum Gasteiger partial charge on any atom is -0.368 e. The van der Waals surface area contributed by atoms with Gasteiger partial charge in [-0.15, -0.1) is 0 Å². The normalized spacial score (nSPS) is 11.4. The molecule has 14 heavy (non-hydrogen) atoms. The van der Waals surface area contributed by atoms with E-state index in [1.54, 1.807) is 6.20 Å². The molecular formula is C10H18N4. The molecule has 0 bridgehead atoms. The maximum absolute atomic E-state index is 6.14. The lowest BCUT2D eigenvalue weighted by molar-refractivity contribution is 0.418. The van der Waals surface area contributed by atoms with Crippen molar-refractivity contribution in [2.75, 3.05) is 11.9 Å². The van der Waals surface area contributed by atoms with Crippen LogP contribution in [0.15, 0.2) is 18.6 Å². The summed E-state index contributed by atoms with van der Waals surface area (Å²) in [5.41, 5.74) is 6.00. The first-order valence-electron chi connectivity index (χ1n) is 4.99. The average molecular weight is 194 g/mol. The smallest absolute Gasteiger partial charge is 0.129 e. The molecule has 4 heteroatoms. The van der Waals surface area contributed by atoms with E-state index in [4.69, 9.17) is 5.73 Å². The van der Waals surface area contributed by atoms with Gasteiger partial charge in [0, 0.05) is 18.3 Å². The van der Waals surface area contributed by atoms with Crippen LogP contribution in [-0.2, 0) is 0 Å². The van der Waals surface area contributed by atoms with E-state index >= 15 is 0 Å².